The first-order valence-electron chi connectivity index (χ1n) is 9.58. The zero-order valence-corrected chi connectivity index (χ0v) is 15.7. The molecule has 0 radical (unpaired) electrons. The molecule has 136 valence electrons. The first-order valence-corrected chi connectivity index (χ1v) is 9.58. The van der Waals surface area contributed by atoms with Gasteiger partial charge in [0.15, 0.2) is 0 Å². The van der Waals surface area contributed by atoms with Crippen LogP contribution >= 0.6 is 0 Å². The van der Waals surface area contributed by atoms with Crippen molar-refractivity contribution in [3.05, 3.63) is 53.1 Å². The molecule has 1 saturated carbocycles. The van der Waals surface area contributed by atoms with Crippen molar-refractivity contribution >= 4 is 11.6 Å². The van der Waals surface area contributed by atoms with Crippen molar-refractivity contribution in [2.75, 3.05) is 12.8 Å². The minimum atomic E-state index is 0.143. The summed E-state index contributed by atoms with van der Waals surface area (Å²) in [4.78, 5) is 13.1. The molecule has 0 bridgehead atoms. The van der Waals surface area contributed by atoms with Gasteiger partial charge in [0.1, 0.15) is 0 Å². The number of hydrazine groups is 1. The maximum Gasteiger partial charge on any atom is 0.269 e. The van der Waals surface area contributed by atoms with Crippen LogP contribution in [0.3, 0.4) is 0 Å². The molecule has 2 aliphatic rings. The summed E-state index contributed by atoms with van der Waals surface area (Å²) in [6.07, 6.45) is 6.22. The van der Waals surface area contributed by atoms with Gasteiger partial charge >= 0.3 is 0 Å². The van der Waals surface area contributed by atoms with Crippen LogP contribution in [0.25, 0.3) is 11.1 Å². The van der Waals surface area contributed by atoms with Gasteiger partial charge in [-0.15, -0.1) is 0 Å². The van der Waals surface area contributed by atoms with E-state index in [1.165, 1.54) is 32.1 Å². The number of hydrogen-bond donors (Lipinski definition) is 1. The van der Waals surface area contributed by atoms with Crippen LogP contribution in [0, 0.1) is 6.92 Å². The number of aryl methyl sites for hydroxylation is 1. The highest BCUT2D eigenvalue weighted by Crippen LogP contribution is 2.34. The van der Waals surface area contributed by atoms with Crippen molar-refractivity contribution in [1.82, 2.24) is 10.0 Å². The van der Waals surface area contributed by atoms with E-state index in [0.29, 0.717) is 12.6 Å². The second kappa shape index (κ2) is 6.76. The molecule has 0 spiro atoms. The Labute approximate surface area is 155 Å². The molecule has 2 aromatic rings. The molecule has 1 aliphatic carbocycles. The summed E-state index contributed by atoms with van der Waals surface area (Å²) in [5.41, 5.74) is 12.0. The van der Waals surface area contributed by atoms with Crippen molar-refractivity contribution in [2.45, 2.75) is 51.6 Å². The molecular formula is C22H27N3O. The molecule has 26 heavy (non-hydrogen) atoms. The van der Waals surface area contributed by atoms with E-state index < -0.39 is 0 Å². The normalized spacial score (nSPS) is 17.8. The lowest BCUT2D eigenvalue weighted by Crippen LogP contribution is -2.47. The molecule has 0 saturated heterocycles. The summed E-state index contributed by atoms with van der Waals surface area (Å²) in [5, 5.41) is 4.14. The lowest BCUT2D eigenvalue weighted by atomic mass is 9.95. The van der Waals surface area contributed by atoms with Crippen molar-refractivity contribution < 1.29 is 4.79 Å². The van der Waals surface area contributed by atoms with E-state index in [0.717, 1.165) is 33.5 Å². The third-order valence-electron chi connectivity index (χ3n) is 5.89. The number of carbonyl (C=O) groups is 1. The summed E-state index contributed by atoms with van der Waals surface area (Å²) in [6, 6.07) is 12.7. The molecule has 1 heterocycles. The summed E-state index contributed by atoms with van der Waals surface area (Å²) in [5.74, 6) is 0.143. The topological polar surface area (TPSA) is 49.6 Å². The summed E-state index contributed by atoms with van der Waals surface area (Å²) in [7, 11) is 2.08. The number of amides is 1. The van der Waals surface area contributed by atoms with Crippen molar-refractivity contribution in [3.8, 4) is 11.1 Å². The van der Waals surface area contributed by atoms with Gasteiger partial charge < -0.3 is 5.73 Å². The maximum absolute atomic E-state index is 13.1. The van der Waals surface area contributed by atoms with Crippen LogP contribution in [0.5, 0.6) is 0 Å². The molecule has 2 N–H and O–H groups in total. The first-order chi connectivity index (χ1) is 12.5. The fourth-order valence-corrected chi connectivity index (χ4v) is 4.44. The zero-order valence-electron chi connectivity index (χ0n) is 15.7. The fraction of sp³-hybridized carbons (Fsp3) is 0.409. The van der Waals surface area contributed by atoms with E-state index in [4.69, 9.17) is 5.73 Å². The minimum Gasteiger partial charge on any atom is -0.399 e. The number of carbonyl (C=O) groups excluding carboxylic acids is 1. The Morgan fingerprint density at radius 3 is 2.58 bits per heavy atom. The predicted octanol–water partition coefficient (Wildman–Crippen LogP) is 4.38. The van der Waals surface area contributed by atoms with Gasteiger partial charge in [0.25, 0.3) is 5.91 Å². The van der Waals surface area contributed by atoms with Crippen LogP contribution < -0.4 is 5.73 Å². The van der Waals surface area contributed by atoms with Gasteiger partial charge in [-0.2, -0.15) is 0 Å². The quantitative estimate of drug-likeness (QED) is 0.837. The fourth-order valence-electron chi connectivity index (χ4n) is 4.44. The number of anilines is 1. The van der Waals surface area contributed by atoms with Crippen LogP contribution in [-0.4, -0.2) is 29.0 Å². The average molecular weight is 349 g/mol. The van der Waals surface area contributed by atoms with E-state index >= 15 is 0 Å². The molecular weight excluding hydrogens is 322 g/mol. The van der Waals surface area contributed by atoms with Gasteiger partial charge in [0.05, 0.1) is 6.54 Å². The molecule has 0 aromatic heterocycles. The second-order valence-corrected chi connectivity index (χ2v) is 7.68. The number of rotatable bonds is 3. The van der Waals surface area contributed by atoms with Crippen LogP contribution in [0.4, 0.5) is 5.69 Å². The standard InChI is InChI=1S/C22H27N3O/c1-15-11-17(16-7-6-8-19(23)13-16)12-18-14-25(22(26)21(15)18)24(2)20-9-4-3-5-10-20/h6-8,11-13,20H,3-5,9-10,14,23H2,1-2H3. The average Bonchev–Trinajstić information content (AvgIpc) is 2.99. The molecule has 1 fully saturated rings. The molecule has 4 rings (SSSR count). The molecule has 4 nitrogen and oxygen atoms in total. The molecule has 1 aliphatic heterocycles. The third-order valence-corrected chi connectivity index (χ3v) is 5.89. The molecule has 2 aromatic carbocycles. The molecule has 0 unspecified atom stereocenters. The lowest BCUT2D eigenvalue weighted by Gasteiger charge is -2.37. The Kier molecular flexibility index (Phi) is 4.45. The Morgan fingerprint density at radius 2 is 1.85 bits per heavy atom. The summed E-state index contributed by atoms with van der Waals surface area (Å²) < 4.78 is 0. The number of nitrogens with zero attached hydrogens (tertiary/aromatic N) is 2. The van der Waals surface area contributed by atoms with Crippen molar-refractivity contribution in [1.29, 1.82) is 0 Å². The van der Waals surface area contributed by atoms with E-state index in [9.17, 15) is 4.79 Å². The van der Waals surface area contributed by atoms with E-state index in [1.54, 1.807) is 0 Å². The predicted molar refractivity (Wildman–Crippen MR) is 106 cm³/mol. The van der Waals surface area contributed by atoms with Crippen LogP contribution in [0.15, 0.2) is 36.4 Å². The number of benzene rings is 2. The third kappa shape index (κ3) is 2.99. The SMILES string of the molecule is Cc1cc(-c2cccc(N)c2)cc2c1C(=O)N(N(C)C1CCCCC1)C2. The highest BCUT2D eigenvalue weighted by Gasteiger charge is 2.34. The largest absolute Gasteiger partial charge is 0.399 e. The Bertz CT molecular complexity index is 839. The van der Waals surface area contributed by atoms with Gasteiger partial charge in [-0.05, 0) is 60.2 Å². The Morgan fingerprint density at radius 1 is 1.08 bits per heavy atom. The van der Waals surface area contributed by atoms with E-state index in [2.05, 4.69) is 30.3 Å². The summed E-state index contributed by atoms with van der Waals surface area (Å²) in [6.45, 7) is 2.70. The smallest absolute Gasteiger partial charge is 0.269 e. The molecule has 0 atom stereocenters. The Hall–Kier alpha value is -2.33. The lowest BCUT2D eigenvalue weighted by molar-refractivity contribution is -0.0282. The second-order valence-electron chi connectivity index (χ2n) is 7.68. The molecule has 1 amide bonds. The van der Waals surface area contributed by atoms with Crippen LogP contribution in [-0.2, 0) is 6.54 Å². The van der Waals surface area contributed by atoms with Gasteiger partial charge in [-0.1, -0.05) is 37.5 Å². The van der Waals surface area contributed by atoms with Crippen LogP contribution in [0.1, 0.15) is 53.6 Å². The van der Waals surface area contributed by atoms with Gasteiger partial charge in [-0.25, -0.2) is 5.01 Å². The van der Waals surface area contributed by atoms with Crippen LogP contribution in [0.2, 0.25) is 0 Å². The van der Waals surface area contributed by atoms with Gasteiger partial charge in [0.2, 0.25) is 0 Å². The number of nitrogen functional groups attached to an aromatic ring is 1. The van der Waals surface area contributed by atoms with Gasteiger partial charge in [-0.3, -0.25) is 9.80 Å². The molecule has 4 heteroatoms. The van der Waals surface area contributed by atoms with Crippen molar-refractivity contribution in [3.63, 3.8) is 0 Å². The highest BCUT2D eigenvalue weighted by atomic mass is 16.2. The first kappa shape index (κ1) is 17.1. The van der Waals surface area contributed by atoms with Gasteiger partial charge in [0, 0.05) is 24.3 Å². The summed E-state index contributed by atoms with van der Waals surface area (Å²) >= 11 is 0. The van der Waals surface area contributed by atoms with Crippen molar-refractivity contribution in [2.24, 2.45) is 0 Å². The maximum atomic E-state index is 13.1. The highest BCUT2D eigenvalue weighted by molar-refractivity contribution is 6.00. The monoisotopic (exact) mass is 349 g/mol. The Balaban J connectivity index is 1.64. The zero-order chi connectivity index (χ0) is 18.3. The number of hydrogen-bond acceptors (Lipinski definition) is 3. The number of fused-ring (bicyclic) bond motifs is 1. The van der Waals surface area contributed by atoms with E-state index in [1.807, 2.05) is 30.1 Å². The van der Waals surface area contributed by atoms with E-state index in [-0.39, 0.29) is 5.91 Å². The number of nitrogens with two attached hydrogens (primary N) is 1. The minimum absolute atomic E-state index is 0.143.